The lowest BCUT2D eigenvalue weighted by atomic mass is 10.1. The third kappa shape index (κ3) is 1.95. The molecule has 0 aliphatic carbocycles. The lowest BCUT2D eigenvalue weighted by Gasteiger charge is -2.26. The van der Waals surface area contributed by atoms with E-state index in [2.05, 4.69) is 12.6 Å². The maximum Gasteiger partial charge on any atom is 0.264 e. The Morgan fingerprint density at radius 3 is 3.07 bits per heavy atom. The van der Waals surface area contributed by atoms with Crippen LogP contribution in [-0.4, -0.2) is 25.3 Å². The third-order valence-corrected chi connectivity index (χ3v) is 2.73. The van der Waals surface area contributed by atoms with E-state index in [1.165, 1.54) is 5.56 Å². The number of hydrogen-bond acceptors (Lipinski definition) is 3. The lowest BCUT2D eigenvalue weighted by molar-refractivity contribution is -0.120. The maximum absolute atomic E-state index is 11.4. The fourth-order valence-corrected chi connectivity index (χ4v) is 1.86. The number of benzene rings is 1. The summed E-state index contributed by atoms with van der Waals surface area (Å²) in [6.45, 7) is 0.133. The van der Waals surface area contributed by atoms with Crippen molar-refractivity contribution in [1.82, 2.24) is 0 Å². The minimum Gasteiger partial charge on any atom is -0.482 e. The number of amides is 1. The number of thiol groups is 1. The predicted octanol–water partition coefficient (Wildman–Crippen LogP) is 1.51. The number of ether oxygens (including phenoxy) is 1. The summed E-state index contributed by atoms with van der Waals surface area (Å²) >= 11 is 4.18. The van der Waals surface area contributed by atoms with Crippen molar-refractivity contribution < 1.29 is 9.53 Å². The number of aryl methyl sites for hydroxylation is 1. The van der Waals surface area contributed by atoms with E-state index in [9.17, 15) is 4.79 Å². The fraction of sp³-hybridized carbons (Fsp3) is 0.364. The Balaban J connectivity index is 2.34. The van der Waals surface area contributed by atoms with Gasteiger partial charge in [-0.1, -0.05) is 6.07 Å². The first kappa shape index (κ1) is 10.4. The molecule has 0 spiro atoms. The third-order valence-electron chi connectivity index (χ3n) is 2.51. The van der Waals surface area contributed by atoms with Crippen molar-refractivity contribution >= 4 is 24.2 Å². The van der Waals surface area contributed by atoms with Gasteiger partial charge in [-0.05, 0) is 29.9 Å². The molecule has 0 atom stereocenters. The Morgan fingerprint density at radius 1 is 1.53 bits per heavy atom. The van der Waals surface area contributed by atoms with Gasteiger partial charge in [0.15, 0.2) is 6.61 Å². The average Bonchev–Trinajstić information content (AvgIpc) is 2.24. The van der Waals surface area contributed by atoms with Crippen molar-refractivity contribution in [3.63, 3.8) is 0 Å². The van der Waals surface area contributed by atoms with Crippen LogP contribution in [0.15, 0.2) is 18.2 Å². The smallest absolute Gasteiger partial charge is 0.264 e. The molecule has 0 saturated heterocycles. The predicted molar refractivity (Wildman–Crippen MR) is 62.9 cm³/mol. The molecule has 4 heteroatoms. The van der Waals surface area contributed by atoms with E-state index >= 15 is 0 Å². The fourth-order valence-electron chi connectivity index (χ4n) is 1.61. The highest BCUT2D eigenvalue weighted by molar-refractivity contribution is 7.80. The zero-order chi connectivity index (χ0) is 10.8. The highest BCUT2D eigenvalue weighted by Gasteiger charge is 2.21. The van der Waals surface area contributed by atoms with E-state index in [1.54, 1.807) is 11.9 Å². The van der Waals surface area contributed by atoms with Crippen molar-refractivity contribution in [2.45, 2.75) is 6.42 Å². The Hall–Kier alpha value is -1.16. The molecule has 15 heavy (non-hydrogen) atoms. The molecule has 1 amide bonds. The monoisotopic (exact) mass is 223 g/mol. The second kappa shape index (κ2) is 4.14. The quantitative estimate of drug-likeness (QED) is 0.770. The second-order valence-electron chi connectivity index (χ2n) is 3.52. The van der Waals surface area contributed by atoms with E-state index in [4.69, 9.17) is 4.74 Å². The minimum absolute atomic E-state index is 0.00977. The van der Waals surface area contributed by atoms with Crippen LogP contribution in [0.4, 0.5) is 5.69 Å². The average molecular weight is 223 g/mol. The first-order chi connectivity index (χ1) is 7.22. The molecule has 0 fully saturated rings. The highest BCUT2D eigenvalue weighted by atomic mass is 32.1. The standard InChI is InChI=1S/C11H13NO2S/c1-12-9-3-2-8(4-5-15)6-10(9)14-7-11(12)13/h2-3,6,15H,4-5,7H2,1H3. The highest BCUT2D eigenvalue weighted by Crippen LogP contribution is 2.31. The summed E-state index contributed by atoms with van der Waals surface area (Å²) in [6, 6.07) is 5.91. The molecule has 0 unspecified atom stereocenters. The van der Waals surface area contributed by atoms with Crippen LogP contribution in [-0.2, 0) is 11.2 Å². The number of nitrogens with zero attached hydrogens (tertiary/aromatic N) is 1. The van der Waals surface area contributed by atoms with Crippen LogP contribution in [0.25, 0.3) is 0 Å². The molecule has 1 aromatic rings. The lowest BCUT2D eigenvalue weighted by Crippen LogP contribution is -2.35. The second-order valence-corrected chi connectivity index (χ2v) is 3.96. The van der Waals surface area contributed by atoms with E-state index in [1.807, 2.05) is 18.2 Å². The Labute approximate surface area is 94.4 Å². The van der Waals surface area contributed by atoms with Gasteiger partial charge in [-0.3, -0.25) is 4.79 Å². The maximum atomic E-state index is 11.4. The van der Waals surface area contributed by atoms with Gasteiger partial charge in [-0.2, -0.15) is 12.6 Å². The molecule has 0 saturated carbocycles. The van der Waals surface area contributed by atoms with Gasteiger partial charge in [0.1, 0.15) is 5.75 Å². The van der Waals surface area contributed by atoms with Gasteiger partial charge >= 0.3 is 0 Å². The van der Waals surface area contributed by atoms with Gasteiger partial charge in [0.05, 0.1) is 5.69 Å². The summed E-state index contributed by atoms with van der Waals surface area (Å²) in [5.74, 6) is 1.59. The number of likely N-dealkylation sites (N-methyl/N-ethyl adjacent to an activating group) is 1. The molecule has 0 bridgehead atoms. The van der Waals surface area contributed by atoms with Crippen LogP contribution in [0.3, 0.4) is 0 Å². The van der Waals surface area contributed by atoms with Crippen LogP contribution in [0.5, 0.6) is 5.75 Å². The van der Waals surface area contributed by atoms with Crippen LogP contribution >= 0.6 is 12.6 Å². The van der Waals surface area contributed by atoms with Gasteiger partial charge in [-0.15, -0.1) is 0 Å². The van der Waals surface area contributed by atoms with E-state index in [-0.39, 0.29) is 12.5 Å². The van der Waals surface area contributed by atoms with Crippen LogP contribution < -0.4 is 9.64 Å². The van der Waals surface area contributed by atoms with Gasteiger partial charge in [0.25, 0.3) is 5.91 Å². The summed E-state index contributed by atoms with van der Waals surface area (Å²) in [4.78, 5) is 13.0. The normalized spacial score (nSPS) is 14.8. The number of anilines is 1. The van der Waals surface area contributed by atoms with Crippen molar-refractivity contribution in [3.05, 3.63) is 23.8 Å². The van der Waals surface area contributed by atoms with E-state index in [0.29, 0.717) is 0 Å². The first-order valence-corrected chi connectivity index (χ1v) is 5.49. The Kier molecular flexibility index (Phi) is 2.86. The molecule has 0 aromatic heterocycles. The summed E-state index contributed by atoms with van der Waals surface area (Å²) in [6.07, 6.45) is 0.914. The van der Waals surface area contributed by atoms with Crippen LogP contribution in [0.2, 0.25) is 0 Å². The van der Waals surface area contributed by atoms with Gasteiger partial charge in [0, 0.05) is 7.05 Å². The van der Waals surface area contributed by atoms with Gasteiger partial charge in [-0.25, -0.2) is 0 Å². The van der Waals surface area contributed by atoms with Crippen molar-refractivity contribution in [2.24, 2.45) is 0 Å². The number of rotatable bonds is 2. The summed E-state index contributed by atoms with van der Waals surface area (Å²) < 4.78 is 5.38. The van der Waals surface area contributed by atoms with Crippen LogP contribution in [0, 0.1) is 0 Å². The Morgan fingerprint density at radius 2 is 2.33 bits per heavy atom. The molecular formula is C11H13NO2S. The Bertz CT molecular complexity index is 392. The van der Waals surface area contributed by atoms with Gasteiger partial charge < -0.3 is 9.64 Å². The molecule has 1 aliphatic rings. The number of carbonyl (C=O) groups excluding carboxylic acids is 1. The topological polar surface area (TPSA) is 29.5 Å². The van der Waals surface area contributed by atoms with E-state index < -0.39 is 0 Å². The summed E-state index contributed by atoms with van der Waals surface area (Å²) in [5, 5.41) is 0. The molecule has 1 heterocycles. The first-order valence-electron chi connectivity index (χ1n) is 4.85. The molecule has 2 rings (SSSR count). The largest absolute Gasteiger partial charge is 0.482 e. The summed E-state index contributed by atoms with van der Waals surface area (Å²) in [5.41, 5.74) is 2.03. The molecule has 80 valence electrons. The molecule has 3 nitrogen and oxygen atoms in total. The van der Waals surface area contributed by atoms with Gasteiger partial charge in [0.2, 0.25) is 0 Å². The molecular weight excluding hydrogens is 210 g/mol. The van der Waals surface area contributed by atoms with Crippen molar-refractivity contribution in [3.8, 4) is 5.75 Å². The molecule has 0 N–H and O–H groups in total. The SMILES string of the molecule is CN1C(=O)COc2cc(CCS)ccc21. The minimum atomic E-state index is -0.00977. The van der Waals surface area contributed by atoms with Crippen molar-refractivity contribution in [2.75, 3.05) is 24.3 Å². The summed E-state index contributed by atoms with van der Waals surface area (Å²) in [7, 11) is 1.77. The number of carbonyl (C=O) groups is 1. The number of fused-ring (bicyclic) bond motifs is 1. The van der Waals surface area contributed by atoms with E-state index in [0.717, 1.165) is 23.6 Å². The number of hydrogen-bond donors (Lipinski definition) is 1. The zero-order valence-corrected chi connectivity index (χ0v) is 9.46. The molecule has 1 aromatic carbocycles. The van der Waals surface area contributed by atoms with Crippen LogP contribution in [0.1, 0.15) is 5.56 Å². The van der Waals surface area contributed by atoms with Crippen molar-refractivity contribution in [1.29, 1.82) is 0 Å². The molecule has 1 aliphatic heterocycles. The molecule has 0 radical (unpaired) electrons. The zero-order valence-electron chi connectivity index (χ0n) is 8.56.